The highest BCUT2D eigenvalue weighted by molar-refractivity contribution is 6.24. The van der Waals surface area contributed by atoms with Crippen LogP contribution in [0.15, 0.2) is 36.0 Å². The van der Waals surface area contributed by atoms with E-state index < -0.39 is 0 Å². The molecule has 0 spiro atoms. The van der Waals surface area contributed by atoms with Crippen LogP contribution >= 0.6 is 0 Å². The van der Waals surface area contributed by atoms with Gasteiger partial charge in [-0.1, -0.05) is 24.3 Å². The van der Waals surface area contributed by atoms with Gasteiger partial charge in [-0.2, -0.15) is 0 Å². The number of carbonyl (C=O) groups is 2. The first-order valence-corrected chi connectivity index (χ1v) is 7.20. The Bertz CT molecular complexity index is 607. The summed E-state index contributed by atoms with van der Waals surface area (Å²) in [6.07, 6.45) is 1.35. The van der Waals surface area contributed by atoms with Gasteiger partial charge in [-0.3, -0.25) is 14.9 Å². The highest BCUT2D eigenvalue weighted by atomic mass is 16.5. The summed E-state index contributed by atoms with van der Waals surface area (Å²) in [7, 11) is 0. The Morgan fingerprint density at radius 3 is 2.81 bits per heavy atom. The van der Waals surface area contributed by atoms with E-state index in [0.717, 1.165) is 6.54 Å². The molecule has 1 aromatic rings. The number of hydrogen-bond acceptors (Lipinski definition) is 5. The van der Waals surface area contributed by atoms with Crippen LogP contribution in [0.25, 0.3) is 0 Å². The van der Waals surface area contributed by atoms with E-state index in [1.165, 1.54) is 6.08 Å². The molecular weight excluding hydrogens is 268 g/mol. The van der Waals surface area contributed by atoms with E-state index in [9.17, 15) is 9.59 Å². The van der Waals surface area contributed by atoms with Gasteiger partial charge >= 0.3 is 0 Å². The Balaban J connectivity index is 1.86. The van der Waals surface area contributed by atoms with Gasteiger partial charge < -0.3 is 9.64 Å². The number of nitrogens with one attached hydrogen (secondary N) is 1. The lowest BCUT2D eigenvalue weighted by Crippen LogP contribution is -2.52. The molecule has 2 aliphatic rings. The second-order valence-corrected chi connectivity index (χ2v) is 5.11. The van der Waals surface area contributed by atoms with Crippen molar-refractivity contribution < 1.29 is 14.3 Å². The Hall–Kier alpha value is -1.98. The molecule has 1 aliphatic heterocycles. The maximum absolute atomic E-state index is 12.6. The Morgan fingerprint density at radius 1 is 1.29 bits per heavy atom. The summed E-state index contributed by atoms with van der Waals surface area (Å²) in [5.74, 6) is -0.186. The number of ketones is 2. The molecule has 1 saturated heterocycles. The molecule has 5 heteroatoms. The molecule has 1 aliphatic carbocycles. The number of Topliss-reactive ketones (excluding diaryl/α,β-unsaturated/α-hetero) is 1. The molecular formula is C16H18N2O3. The molecule has 21 heavy (non-hydrogen) atoms. The number of allylic oxidation sites excluding steroid dienone is 2. The zero-order chi connectivity index (χ0) is 14.8. The summed E-state index contributed by atoms with van der Waals surface area (Å²) >= 11 is 0. The third-order valence-electron chi connectivity index (χ3n) is 3.79. The molecule has 1 unspecified atom stereocenters. The van der Waals surface area contributed by atoms with E-state index in [2.05, 4.69) is 5.32 Å². The van der Waals surface area contributed by atoms with Crippen molar-refractivity contribution in [3.8, 4) is 0 Å². The van der Waals surface area contributed by atoms with Gasteiger partial charge in [0.15, 0.2) is 5.78 Å². The normalized spacial score (nSPS) is 22.0. The predicted molar refractivity (Wildman–Crippen MR) is 78.2 cm³/mol. The lowest BCUT2D eigenvalue weighted by molar-refractivity contribution is 0.000165. The number of nitrogens with zero attached hydrogens (tertiary/aromatic N) is 1. The van der Waals surface area contributed by atoms with Crippen LogP contribution in [0, 0.1) is 0 Å². The van der Waals surface area contributed by atoms with Crippen LogP contribution in [0.5, 0.6) is 0 Å². The first kappa shape index (κ1) is 14.0. The smallest absolute Gasteiger partial charge is 0.209 e. The van der Waals surface area contributed by atoms with Crippen LogP contribution in [0.4, 0.5) is 0 Å². The quantitative estimate of drug-likeness (QED) is 0.905. The van der Waals surface area contributed by atoms with E-state index in [1.807, 2.05) is 11.8 Å². The van der Waals surface area contributed by atoms with Crippen molar-refractivity contribution in [1.29, 1.82) is 0 Å². The SMILES string of the molecule is CCOC1CN(C2=CC(=O)c3ccccc3C2=O)CCN1. The molecule has 1 N–H and O–H groups in total. The average Bonchev–Trinajstić information content (AvgIpc) is 2.51. The van der Waals surface area contributed by atoms with Gasteiger partial charge in [-0.05, 0) is 6.92 Å². The zero-order valence-corrected chi connectivity index (χ0v) is 12.0. The molecule has 0 bridgehead atoms. The number of fused-ring (bicyclic) bond motifs is 1. The summed E-state index contributed by atoms with van der Waals surface area (Å²) in [5.41, 5.74) is 1.46. The monoisotopic (exact) mass is 286 g/mol. The molecule has 0 saturated carbocycles. The second kappa shape index (κ2) is 5.79. The largest absolute Gasteiger partial charge is 0.363 e. The predicted octanol–water partition coefficient (Wildman–Crippen LogP) is 1.22. The average molecular weight is 286 g/mol. The lowest BCUT2D eigenvalue weighted by atomic mass is 9.92. The molecule has 1 atom stereocenters. The fourth-order valence-corrected chi connectivity index (χ4v) is 2.78. The fraction of sp³-hybridized carbons (Fsp3) is 0.375. The van der Waals surface area contributed by atoms with E-state index in [1.54, 1.807) is 24.3 Å². The van der Waals surface area contributed by atoms with Gasteiger partial charge in [0.05, 0.1) is 12.2 Å². The van der Waals surface area contributed by atoms with Crippen molar-refractivity contribution in [2.75, 3.05) is 26.2 Å². The minimum atomic E-state index is -0.107. The van der Waals surface area contributed by atoms with Crippen LogP contribution in [0.1, 0.15) is 27.6 Å². The minimum Gasteiger partial charge on any atom is -0.363 e. The van der Waals surface area contributed by atoms with E-state index >= 15 is 0 Å². The highest BCUT2D eigenvalue weighted by Crippen LogP contribution is 2.24. The van der Waals surface area contributed by atoms with Gasteiger partial charge in [0.25, 0.3) is 0 Å². The summed E-state index contributed by atoms with van der Waals surface area (Å²) < 4.78 is 5.56. The van der Waals surface area contributed by atoms with Crippen molar-refractivity contribution in [1.82, 2.24) is 10.2 Å². The van der Waals surface area contributed by atoms with Gasteiger partial charge in [0, 0.05) is 36.9 Å². The standard InChI is InChI=1S/C16H18N2O3/c1-2-21-15-10-18(8-7-17-15)13-9-14(19)11-5-3-4-6-12(11)16(13)20/h3-6,9,15,17H,2,7-8,10H2,1H3. The zero-order valence-electron chi connectivity index (χ0n) is 12.0. The summed E-state index contributed by atoms with van der Waals surface area (Å²) in [6.45, 7) is 4.54. The van der Waals surface area contributed by atoms with Gasteiger partial charge in [-0.15, -0.1) is 0 Å². The maximum Gasteiger partial charge on any atom is 0.209 e. The van der Waals surface area contributed by atoms with E-state index in [4.69, 9.17) is 4.74 Å². The second-order valence-electron chi connectivity index (χ2n) is 5.11. The number of hydrogen-bond donors (Lipinski definition) is 1. The van der Waals surface area contributed by atoms with Crippen LogP contribution < -0.4 is 5.32 Å². The van der Waals surface area contributed by atoms with E-state index in [-0.39, 0.29) is 17.8 Å². The molecule has 0 amide bonds. The fourth-order valence-electron chi connectivity index (χ4n) is 2.78. The van der Waals surface area contributed by atoms with E-state index in [0.29, 0.717) is 36.5 Å². The molecule has 1 heterocycles. The first-order chi connectivity index (χ1) is 10.2. The summed E-state index contributed by atoms with van der Waals surface area (Å²) in [6, 6.07) is 6.97. The molecule has 0 radical (unpaired) electrons. The van der Waals surface area contributed by atoms with Gasteiger partial charge in [-0.25, -0.2) is 0 Å². The number of benzene rings is 1. The molecule has 1 aromatic carbocycles. The van der Waals surface area contributed by atoms with Crippen molar-refractivity contribution in [2.24, 2.45) is 0 Å². The molecule has 3 rings (SSSR count). The van der Waals surface area contributed by atoms with Crippen LogP contribution in [-0.2, 0) is 4.74 Å². The highest BCUT2D eigenvalue weighted by Gasteiger charge is 2.31. The number of rotatable bonds is 3. The third kappa shape index (κ3) is 2.62. The number of piperazine rings is 1. The number of carbonyl (C=O) groups excluding carboxylic acids is 2. The summed E-state index contributed by atoms with van der Waals surface area (Å²) in [4.78, 5) is 26.7. The maximum atomic E-state index is 12.6. The van der Waals surface area contributed by atoms with Gasteiger partial charge in [0.1, 0.15) is 6.23 Å². The van der Waals surface area contributed by atoms with Crippen molar-refractivity contribution in [3.63, 3.8) is 0 Å². The Morgan fingerprint density at radius 2 is 2.05 bits per heavy atom. The van der Waals surface area contributed by atoms with Gasteiger partial charge in [0.2, 0.25) is 5.78 Å². The van der Waals surface area contributed by atoms with Crippen molar-refractivity contribution in [3.05, 3.63) is 47.2 Å². The van der Waals surface area contributed by atoms with Crippen LogP contribution in [0.3, 0.4) is 0 Å². The molecule has 110 valence electrons. The van der Waals surface area contributed by atoms with Crippen molar-refractivity contribution >= 4 is 11.6 Å². The molecule has 0 aromatic heterocycles. The van der Waals surface area contributed by atoms with Crippen LogP contribution in [0.2, 0.25) is 0 Å². The number of ether oxygens (including phenoxy) is 1. The molecule has 5 nitrogen and oxygen atoms in total. The lowest BCUT2D eigenvalue weighted by Gasteiger charge is -2.36. The van der Waals surface area contributed by atoms with Crippen LogP contribution in [-0.4, -0.2) is 48.9 Å². The Labute approximate surface area is 123 Å². The summed E-state index contributed by atoms with van der Waals surface area (Å²) in [5, 5.41) is 3.25. The van der Waals surface area contributed by atoms with Crippen molar-refractivity contribution in [2.45, 2.75) is 13.2 Å². The Kier molecular flexibility index (Phi) is 3.86. The first-order valence-electron chi connectivity index (χ1n) is 7.20. The topological polar surface area (TPSA) is 58.6 Å². The third-order valence-corrected chi connectivity index (χ3v) is 3.79. The minimum absolute atomic E-state index is 0.0812. The molecule has 1 fully saturated rings.